The Morgan fingerprint density at radius 2 is 2.06 bits per heavy atom. The van der Waals surface area contributed by atoms with Crippen LogP contribution < -0.4 is 5.32 Å². The van der Waals surface area contributed by atoms with Crippen LogP contribution in [0.3, 0.4) is 0 Å². The van der Waals surface area contributed by atoms with Gasteiger partial charge in [0.1, 0.15) is 6.04 Å². The number of furan rings is 1. The van der Waals surface area contributed by atoms with Gasteiger partial charge in [-0.25, -0.2) is 4.79 Å². The first kappa shape index (κ1) is 14.2. The van der Waals surface area contributed by atoms with Crippen LogP contribution in [0.4, 0.5) is 0 Å². The summed E-state index contributed by atoms with van der Waals surface area (Å²) < 4.78 is 5.02. The summed E-state index contributed by atoms with van der Waals surface area (Å²) in [6.45, 7) is 0. The predicted octanol–water partition coefficient (Wildman–Crippen LogP) is 1.09. The van der Waals surface area contributed by atoms with Crippen molar-refractivity contribution in [1.82, 2.24) is 5.32 Å². The minimum absolute atomic E-state index is 0.150. The summed E-state index contributed by atoms with van der Waals surface area (Å²) in [6.07, 6.45) is 0.738. The number of carbonyl (C=O) groups excluding carboxylic acids is 1. The van der Waals surface area contributed by atoms with E-state index in [2.05, 4.69) is 21.2 Å². The molecule has 0 unspecified atom stereocenters. The summed E-state index contributed by atoms with van der Waals surface area (Å²) in [5, 5.41) is 19.6. The number of carboxylic acid groups (broad SMARTS) is 2. The molecule has 0 saturated carbocycles. The number of halogens is 1. The van der Waals surface area contributed by atoms with Gasteiger partial charge in [0.05, 0.1) is 11.8 Å². The third kappa shape index (κ3) is 3.88. The van der Waals surface area contributed by atoms with Crippen molar-refractivity contribution in [3.63, 3.8) is 0 Å². The Hall–Kier alpha value is -1.83. The molecule has 7 nitrogen and oxygen atoms in total. The lowest BCUT2D eigenvalue weighted by molar-refractivity contribution is -0.140. The number of amides is 1. The number of nitrogens with one attached hydrogen (secondary N) is 1. The zero-order chi connectivity index (χ0) is 13.7. The Morgan fingerprint density at radius 3 is 2.50 bits per heavy atom. The molecule has 0 saturated heterocycles. The summed E-state index contributed by atoms with van der Waals surface area (Å²) in [5.41, 5.74) is 0.150. The van der Waals surface area contributed by atoms with Gasteiger partial charge in [-0.15, -0.1) is 0 Å². The predicted molar refractivity (Wildman–Crippen MR) is 62.2 cm³/mol. The fourth-order valence-corrected chi connectivity index (χ4v) is 1.64. The summed E-state index contributed by atoms with van der Waals surface area (Å²) in [6, 6.07) is 0.116. The number of carbonyl (C=O) groups is 3. The van der Waals surface area contributed by atoms with Gasteiger partial charge in [-0.1, -0.05) is 0 Å². The summed E-state index contributed by atoms with van der Waals surface area (Å²) in [7, 11) is 0. The van der Waals surface area contributed by atoms with Crippen LogP contribution in [-0.4, -0.2) is 34.1 Å². The molecule has 0 spiro atoms. The molecule has 0 bridgehead atoms. The molecule has 0 aliphatic carbocycles. The van der Waals surface area contributed by atoms with E-state index in [1.54, 1.807) is 0 Å². The number of hydrogen-bond donors (Lipinski definition) is 3. The van der Waals surface area contributed by atoms with Crippen LogP contribution in [0.1, 0.15) is 23.2 Å². The molecule has 0 radical (unpaired) electrons. The number of rotatable bonds is 6. The molecule has 1 atom stereocenters. The molecule has 8 heteroatoms. The Balaban J connectivity index is 2.67. The molecule has 98 valence electrons. The van der Waals surface area contributed by atoms with Gasteiger partial charge < -0.3 is 19.9 Å². The highest BCUT2D eigenvalue weighted by Crippen LogP contribution is 2.17. The van der Waals surface area contributed by atoms with Crippen molar-refractivity contribution in [1.29, 1.82) is 0 Å². The van der Waals surface area contributed by atoms with Gasteiger partial charge in [0.25, 0.3) is 5.91 Å². The van der Waals surface area contributed by atoms with E-state index in [4.69, 9.17) is 14.6 Å². The maximum Gasteiger partial charge on any atom is 0.326 e. The average molecular weight is 320 g/mol. The summed E-state index contributed by atoms with van der Waals surface area (Å²) in [5.74, 6) is -3.06. The Bertz CT molecular complexity index is 469. The van der Waals surface area contributed by atoms with Crippen LogP contribution in [-0.2, 0) is 9.59 Å². The van der Waals surface area contributed by atoms with E-state index in [0.717, 1.165) is 0 Å². The normalized spacial score (nSPS) is 11.8. The molecule has 18 heavy (non-hydrogen) atoms. The van der Waals surface area contributed by atoms with Crippen molar-refractivity contribution in [2.45, 2.75) is 18.9 Å². The standard InChI is InChI=1S/C10H10BrNO6/c11-8-5(3-4-18-8)9(15)12-6(10(16)17)1-2-7(13)14/h3-4,6H,1-2H2,(H,12,15)(H,13,14)(H,16,17)/t6-/m0/s1. The minimum Gasteiger partial charge on any atom is -0.481 e. The summed E-state index contributed by atoms with van der Waals surface area (Å²) >= 11 is 2.99. The van der Waals surface area contributed by atoms with E-state index >= 15 is 0 Å². The maximum atomic E-state index is 11.7. The van der Waals surface area contributed by atoms with Crippen molar-refractivity contribution in [3.8, 4) is 0 Å². The number of carboxylic acids is 2. The monoisotopic (exact) mass is 319 g/mol. The van der Waals surface area contributed by atoms with Crippen LogP contribution >= 0.6 is 15.9 Å². The maximum absolute atomic E-state index is 11.7. The van der Waals surface area contributed by atoms with Crippen LogP contribution in [0.2, 0.25) is 0 Å². The molecule has 0 aromatic carbocycles. The molecule has 0 aliphatic rings. The molecule has 0 aliphatic heterocycles. The van der Waals surface area contributed by atoms with Crippen LogP contribution in [0.5, 0.6) is 0 Å². The van der Waals surface area contributed by atoms with E-state index in [0.29, 0.717) is 0 Å². The average Bonchev–Trinajstić information content (AvgIpc) is 2.69. The van der Waals surface area contributed by atoms with E-state index in [9.17, 15) is 14.4 Å². The lowest BCUT2D eigenvalue weighted by Crippen LogP contribution is -2.41. The molecule has 3 N–H and O–H groups in total. The zero-order valence-corrected chi connectivity index (χ0v) is 10.6. The molecular weight excluding hydrogens is 310 g/mol. The lowest BCUT2D eigenvalue weighted by Gasteiger charge is -2.12. The van der Waals surface area contributed by atoms with Crippen molar-refractivity contribution < 1.29 is 29.0 Å². The first-order valence-corrected chi connectivity index (χ1v) is 5.69. The molecule has 1 rings (SSSR count). The van der Waals surface area contributed by atoms with Crippen molar-refractivity contribution in [3.05, 3.63) is 22.6 Å². The van der Waals surface area contributed by atoms with Crippen LogP contribution in [0.15, 0.2) is 21.4 Å². The molecular formula is C10H10BrNO6. The fraction of sp³-hybridized carbons (Fsp3) is 0.300. The Kier molecular flexibility index (Phi) is 4.90. The second-order valence-electron chi connectivity index (χ2n) is 3.40. The fourth-order valence-electron chi connectivity index (χ4n) is 1.22. The van der Waals surface area contributed by atoms with Crippen LogP contribution in [0, 0.1) is 0 Å². The van der Waals surface area contributed by atoms with E-state index in [1.807, 2.05) is 0 Å². The zero-order valence-electron chi connectivity index (χ0n) is 9.05. The third-order valence-electron chi connectivity index (χ3n) is 2.11. The highest BCUT2D eigenvalue weighted by atomic mass is 79.9. The molecule has 0 fully saturated rings. The molecule has 1 amide bonds. The van der Waals surface area contributed by atoms with E-state index < -0.39 is 23.9 Å². The SMILES string of the molecule is O=C(O)CC[C@H](NC(=O)c1ccoc1Br)C(=O)O. The number of aliphatic carboxylic acids is 2. The first-order chi connectivity index (χ1) is 8.41. The highest BCUT2D eigenvalue weighted by molar-refractivity contribution is 9.10. The molecule has 1 aromatic heterocycles. The smallest absolute Gasteiger partial charge is 0.326 e. The topological polar surface area (TPSA) is 117 Å². The van der Waals surface area contributed by atoms with Crippen molar-refractivity contribution >= 4 is 33.8 Å². The van der Waals surface area contributed by atoms with Gasteiger partial charge in [0.2, 0.25) is 0 Å². The third-order valence-corrected chi connectivity index (χ3v) is 2.73. The van der Waals surface area contributed by atoms with Gasteiger partial charge in [0, 0.05) is 6.42 Å². The van der Waals surface area contributed by atoms with Gasteiger partial charge in [-0.3, -0.25) is 9.59 Å². The first-order valence-electron chi connectivity index (χ1n) is 4.90. The Morgan fingerprint density at radius 1 is 1.39 bits per heavy atom. The van der Waals surface area contributed by atoms with E-state index in [1.165, 1.54) is 12.3 Å². The lowest BCUT2D eigenvalue weighted by atomic mass is 10.1. The summed E-state index contributed by atoms with van der Waals surface area (Å²) in [4.78, 5) is 32.9. The second kappa shape index (κ2) is 6.20. The molecule has 1 heterocycles. The van der Waals surface area contributed by atoms with Crippen molar-refractivity contribution in [2.24, 2.45) is 0 Å². The highest BCUT2D eigenvalue weighted by Gasteiger charge is 2.23. The second-order valence-corrected chi connectivity index (χ2v) is 4.12. The Labute approximate surface area is 110 Å². The van der Waals surface area contributed by atoms with Gasteiger partial charge >= 0.3 is 11.9 Å². The van der Waals surface area contributed by atoms with Gasteiger partial charge in [-0.05, 0) is 28.4 Å². The van der Waals surface area contributed by atoms with Crippen LogP contribution in [0.25, 0.3) is 0 Å². The van der Waals surface area contributed by atoms with E-state index in [-0.39, 0.29) is 23.1 Å². The quantitative estimate of drug-likeness (QED) is 0.722. The van der Waals surface area contributed by atoms with Crippen molar-refractivity contribution in [2.75, 3.05) is 0 Å². The largest absolute Gasteiger partial charge is 0.481 e. The minimum atomic E-state index is -1.29. The van der Waals surface area contributed by atoms with Gasteiger partial charge in [-0.2, -0.15) is 0 Å². The number of hydrogen-bond acceptors (Lipinski definition) is 4. The van der Waals surface area contributed by atoms with Gasteiger partial charge in [0.15, 0.2) is 4.67 Å². The molecule has 1 aromatic rings.